The van der Waals surface area contributed by atoms with E-state index in [1.165, 1.54) is 11.3 Å². The number of ether oxygens (including phenoxy) is 1. The molecule has 0 aliphatic heterocycles. The Balaban J connectivity index is 2.61. The number of nitrogens with zero attached hydrogens (tertiary/aromatic N) is 1. The van der Waals surface area contributed by atoms with E-state index in [-0.39, 0.29) is 6.61 Å². The second-order valence-electron chi connectivity index (χ2n) is 2.68. The highest BCUT2D eigenvalue weighted by Crippen LogP contribution is 2.21. The van der Waals surface area contributed by atoms with Gasteiger partial charge in [-0.2, -0.15) is 0 Å². The maximum atomic E-state index is 8.80. The largest absolute Gasteiger partial charge is 0.391 e. The molecule has 0 aliphatic rings. The number of aliphatic hydroxyl groups excluding tert-OH is 1. The molecule has 4 heteroatoms. The van der Waals surface area contributed by atoms with E-state index >= 15 is 0 Å². The van der Waals surface area contributed by atoms with Crippen LogP contribution >= 0.6 is 11.3 Å². The van der Waals surface area contributed by atoms with Crippen LogP contribution in [0.25, 0.3) is 0 Å². The predicted molar refractivity (Wildman–Crippen MR) is 48.3 cm³/mol. The van der Waals surface area contributed by atoms with Gasteiger partial charge in [-0.05, 0) is 0 Å². The minimum atomic E-state index is 0.0807. The molecule has 0 aromatic carbocycles. The molecule has 0 amide bonds. The van der Waals surface area contributed by atoms with Crippen LogP contribution < -0.4 is 0 Å². The topological polar surface area (TPSA) is 42.4 Å². The van der Waals surface area contributed by atoms with Crippen molar-refractivity contribution in [1.82, 2.24) is 4.98 Å². The zero-order chi connectivity index (χ0) is 8.97. The first-order valence-corrected chi connectivity index (χ1v) is 4.64. The first-order valence-electron chi connectivity index (χ1n) is 3.82. The molecule has 12 heavy (non-hydrogen) atoms. The Labute approximate surface area is 76.0 Å². The monoisotopic (exact) mass is 187 g/mol. The SMILES string of the molecule is COCC(C)c1ncc(CO)s1. The standard InChI is InChI=1S/C8H13NO2S/c1-6(5-11-2)8-9-3-7(4-10)12-8/h3,6,10H,4-5H2,1-2H3. The van der Waals surface area contributed by atoms with Crippen LogP contribution in [0.15, 0.2) is 6.20 Å². The summed E-state index contributed by atoms with van der Waals surface area (Å²) >= 11 is 1.54. The molecule has 1 rings (SSSR count). The molecule has 0 radical (unpaired) electrons. The Bertz CT molecular complexity index is 237. The lowest BCUT2D eigenvalue weighted by atomic mass is 10.2. The summed E-state index contributed by atoms with van der Waals surface area (Å²) in [6, 6.07) is 0. The van der Waals surface area contributed by atoms with Crippen molar-refractivity contribution in [3.8, 4) is 0 Å². The Morgan fingerprint density at radius 1 is 1.75 bits per heavy atom. The molecule has 0 aliphatic carbocycles. The lowest BCUT2D eigenvalue weighted by molar-refractivity contribution is 0.184. The Morgan fingerprint density at radius 3 is 3.00 bits per heavy atom. The molecule has 1 unspecified atom stereocenters. The normalized spacial score (nSPS) is 13.2. The minimum Gasteiger partial charge on any atom is -0.391 e. The summed E-state index contributed by atoms with van der Waals surface area (Å²) in [6.45, 7) is 2.82. The van der Waals surface area contributed by atoms with Crippen molar-refractivity contribution in [3.05, 3.63) is 16.1 Å². The highest BCUT2D eigenvalue weighted by atomic mass is 32.1. The molecule has 1 aromatic heterocycles. The summed E-state index contributed by atoms with van der Waals surface area (Å²) in [5, 5.41) is 9.83. The van der Waals surface area contributed by atoms with Gasteiger partial charge in [-0.25, -0.2) is 4.98 Å². The average Bonchev–Trinajstić information content (AvgIpc) is 2.52. The zero-order valence-electron chi connectivity index (χ0n) is 7.28. The maximum Gasteiger partial charge on any atom is 0.0979 e. The Hall–Kier alpha value is -0.450. The van der Waals surface area contributed by atoms with Gasteiger partial charge in [-0.3, -0.25) is 0 Å². The van der Waals surface area contributed by atoms with Crippen molar-refractivity contribution < 1.29 is 9.84 Å². The van der Waals surface area contributed by atoms with E-state index in [1.807, 2.05) is 0 Å². The van der Waals surface area contributed by atoms with Gasteiger partial charge < -0.3 is 9.84 Å². The van der Waals surface area contributed by atoms with Gasteiger partial charge in [-0.15, -0.1) is 11.3 Å². The van der Waals surface area contributed by atoms with Gasteiger partial charge in [0.2, 0.25) is 0 Å². The van der Waals surface area contributed by atoms with Gasteiger partial charge in [0.15, 0.2) is 0 Å². The van der Waals surface area contributed by atoms with E-state index in [2.05, 4.69) is 11.9 Å². The summed E-state index contributed by atoms with van der Waals surface area (Å²) in [5.74, 6) is 0.320. The van der Waals surface area contributed by atoms with Crippen LogP contribution in [-0.2, 0) is 11.3 Å². The first-order chi connectivity index (χ1) is 5.77. The van der Waals surface area contributed by atoms with E-state index in [0.29, 0.717) is 12.5 Å². The number of hydrogen-bond donors (Lipinski definition) is 1. The third-order valence-corrected chi connectivity index (χ3v) is 2.78. The molecule has 0 spiro atoms. The fourth-order valence-corrected chi connectivity index (χ4v) is 1.76. The van der Waals surface area contributed by atoms with E-state index in [0.717, 1.165) is 9.88 Å². The molecular weight excluding hydrogens is 174 g/mol. The highest BCUT2D eigenvalue weighted by molar-refractivity contribution is 7.11. The molecule has 0 saturated heterocycles. The number of methoxy groups -OCH3 is 1. The third kappa shape index (κ3) is 2.27. The summed E-state index contributed by atoms with van der Waals surface area (Å²) < 4.78 is 5.01. The summed E-state index contributed by atoms with van der Waals surface area (Å²) in [7, 11) is 1.68. The fraction of sp³-hybridized carbons (Fsp3) is 0.625. The highest BCUT2D eigenvalue weighted by Gasteiger charge is 2.09. The van der Waals surface area contributed by atoms with Gasteiger partial charge in [0, 0.05) is 19.2 Å². The molecule has 1 N–H and O–H groups in total. The van der Waals surface area contributed by atoms with Crippen LogP contribution in [0.5, 0.6) is 0 Å². The quantitative estimate of drug-likeness (QED) is 0.774. The molecular formula is C8H13NO2S. The third-order valence-electron chi connectivity index (χ3n) is 1.57. The number of aliphatic hydroxyl groups is 1. The number of aromatic nitrogens is 1. The molecule has 1 heterocycles. The van der Waals surface area contributed by atoms with Crippen molar-refractivity contribution in [3.63, 3.8) is 0 Å². The van der Waals surface area contributed by atoms with E-state index in [9.17, 15) is 0 Å². The number of rotatable bonds is 4. The van der Waals surface area contributed by atoms with Crippen LogP contribution in [0, 0.1) is 0 Å². The van der Waals surface area contributed by atoms with Crippen LogP contribution in [0.3, 0.4) is 0 Å². The van der Waals surface area contributed by atoms with Gasteiger partial charge in [0.1, 0.15) is 0 Å². The van der Waals surface area contributed by atoms with Gasteiger partial charge in [-0.1, -0.05) is 6.92 Å². The molecule has 0 saturated carbocycles. The van der Waals surface area contributed by atoms with Crippen molar-refractivity contribution in [2.75, 3.05) is 13.7 Å². The number of hydrogen-bond acceptors (Lipinski definition) is 4. The fourth-order valence-electron chi connectivity index (χ4n) is 0.945. The molecule has 0 fully saturated rings. The average molecular weight is 187 g/mol. The van der Waals surface area contributed by atoms with E-state index < -0.39 is 0 Å². The smallest absolute Gasteiger partial charge is 0.0979 e. The maximum absolute atomic E-state index is 8.80. The van der Waals surface area contributed by atoms with Crippen molar-refractivity contribution in [2.24, 2.45) is 0 Å². The van der Waals surface area contributed by atoms with Gasteiger partial charge in [0.05, 0.1) is 23.1 Å². The number of thiazole rings is 1. The summed E-state index contributed by atoms with van der Waals surface area (Å²) in [6.07, 6.45) is 1.71. The molecule has 68 valence electrons. The van der Waals surface area contributed by atoms with Crippen LogP contribution in [-0.4, -0.2) is 23.8 Å². The summed E-state index contributed by atoms with van der Waals surface area (Å²) in [5.41, 5.74) is 0. The predicted octanol–water partition coefficient (Wildman–Crippen LogP) is 1.39. The summed E-state index contributed by atoms with van der Waals surface area (Å²) in [4.78, 5) is 5.09. The van der Waals surface area contributed by atoms with Crippen molar-refractivity contribution in [1.29, 1.82) is 0 Å². The second kappa shape index (κ2) is 4.54. The Kier molecular flexibility index (Phi) is 3.65. The van der Waals surface area contributed by atoms with Crippen LogP contribution in [0.2, 0.25) is 0 Å². The molecule has 0 bridgehead atoms. The van der Waals surface area contributed by atoms with Crippen molar-refractivity contribution in [2.45, 2.75) is 19.4 Å². The molecule has 1 aromatic rings. The van der Waals surface area contributed by atoms with Gasteiger partial charge >= 0.3 is 0 Å². The lowest BCUT2D eigenvalue weighted by Crippen LogP contribution is -2.00. The Morgan fingerprint density at radius 2 is 2.50 bits per heavy atom. The van der Waals surface area contributed by atoms with Crippen LogP contribution in [0.1, 0.15) is 22.7 Å². The van der Waals surface area contributed by atoms with E-state index in [1.54, 1.807) is 13.3 Å². The molecule has 1 atom stereocenters. The zero-order valence-corrected chi connectivity index (χ0v) is 8.10. The molecule has 3 nitrogen and oxygen atoms in total. The van der Waals surface area contributed by atoms with Gasteiger partial charge in [0.25, 0.3) is 0 Å². The van der Waals surface area contributed by atoms with Crippen LogP contribution in [0.4, 0.5) is 0 Å². The minimum absolute atomic E-state index is 0.0807. The van der Waals surface area contributed by atoms with E-state index in [4.69, 9.17) is 9.84 Å². The first kappa shape index (κ1) is 9.64. The second-order valence-corrected chi connectivity index (χ2v) is 3.83. The lowest BCUT2D eigenvalue weighted by Gasteiger charge is -2.04. The van der Waals surface area contributed by atoms with Crippen molar-refractivity contribution >= 4 is 11.3 Å².